The van der Waals surface area contributed by atoms with Crippen LogP contribution < -0.4 is 5.32 Å². The summed E-state index contributed by atoms with van der Waals surface area (Å²) in [4.78, 5) is 30.8. The van der Waals surface area contributed by atoms with Crippen LogP contribution in [0, 0.1) is 5.82 Å². The molecule has 0 radical (unpaired) electrons. The molecule has 2 fully saturated rings. The Hall–Kier alpha value is -3.69. The molecule has 2 saturated carbocycles. The maximum Gasteiger partial charge on any atom is 0.272 e. The first kappa shape index (κ1) is 20.0. The Kier molecular flexibility index (Phi) is 4.85. The van der Waals surface area contributed by atoms with Gasteiger partial charge in [0.1, 0.15) is 29.2 Å². The fourth-order valence-electron chi connectivity index (χ4n) is 4.47. The third kappa shape index (κ3) is 3.96. The van der Waals surface area contributed by atoms with Crippen molar-refractivity contribution in [2.45, 2.75) is 57.0 Å². The zero-order valence-corrected chi connectivity index (χ0v) is 18.0. The predicted octanol–water partition coefficient (Wildman–Crippen LogP) is 3.67. The lowest BCUT2D eigenvalue weighted by molar-refractivity contribution is 0.0947. The molecular weight excluding hydrogens is 423 g/mol. The van der Waals surface area contributed by atoms with E-state index in [4.69, 9.17) is 0 Å². The largest absolute Gasteiger partial charge is 0.347 e. The number of carbonyl (C=O) groups is 1. The van der Waals surface area contributed by atoms with Gasteiger partial charge in [0.05, 0.1) is 12.2 Å². The highest BCUT2D eigenvalue weighted by molar-refractivity contribution is 6.02. The highest BCUT2D eigenvalue weighted by Gasteiger charge is 2.26. The molecule has 0 bridgehead atoms. The Morgan fingerprint density at radius 1 is 1.15 bits per heavy atom. The van der Waals surface area contributed by atoms with Crippen molar-refractivity contribution in [2.24, 2.45) is 0 Å². The summed E-state index contributed by atoms with van der Waals surface area (Å²) in [7, 11) is 0. The van der Waals surface area contributed by atoms with Gasteiger partial charge in [0, 0.05) is 18.0 Å². The summed E-state index contributed by atoms with van der Waals surface area (Å²) in [5, 5.41) is 11.6. The van der Waals surface area contributed by atoms with Crippen LogP contribution in [-0.4, -0.2) is 40.8 Å². The van der Waals surface area contributed by atoms with E-state index in [1.54, 1.807) is 11.0 Å². The second-order valence-electron chi connectivity index (χ2n) is 8.84. The standard InChI is InChI=1S/C23H23FN8O/c24-16-8-13(7-15(9-16)18-11-28-32(31-18)17-5-6-17)10-25-23(33)20-19-22(27-12-26-20)30-21(29-19)14-3-1-2-4-14/h7-9,11-12,14,17H,1-6,10H2,(H,25,33)(H,26,27,29,30). The average Bonchev–Trinajstić information content (AvgIpc) is 3.24. The van der Waals surface area contributed by atoms with Crippen LogP contribution in [0.15, 0.2) is 30.7 Å². The zero-order chi connectivity index (χ0) is 22.4. The van der Waals surface area contributed by atoms with Crippen molar-refractivity contribution in [3.63, 3.8) is 0 Å². The van der Waals surface area contributed by atoms with Crippen molar-refractivity contribution in [2.75, 3.05) is 0 Å². The van der Waals surface area contributed by atoms with Crippen LogP contribution in [-0.2, 0) is 6.54 Å². The van der Waals surface area contributed by atoms with E-state index in [9.17, 15) is 9.18 Å². The molecule has 1 aromatic carbocycles. The predicted molar refractivity (Wildman–Crippen MR) is 118 cm³/mol. The van der Waals surface area contributed by atoms with Gasteiger partial charge >= 0.3 is 0 Å². The SMILES string of the molecule is O=C(NCc1cc(F)cc(-c2cnn(C3CC3)n2)c1)c1ncnc2nc(C3CCCC3)[nH]c12. The summed E-state index contributed by atoms with van der Waals surface area (Å²) in [6.07, 6.45) is 9.69. The van der Waals surface area contributed by atoms with Crippen molar-refractivity contribution >= 4 is 17.1 Å². The number of H-pyrrole nitrogens is 1. The molecular formula is C23H23FN8O. The number of aromatic amines is 1. The van der Waals surface area contributed by atoms with Gasteiger partial charge in [-0.2, -0.15) is 15.0 Å². The maximum atomic E-state index is 14.3. The van der Waals surface area contributed by atoms with E-state index in [0.29, 0.717) is 39.9 Å². The molecule has 2 aliphatic rings. The van der Waals surface area contributed by atoms with Gasteiger partial charge in [-0.05, 0) is 49.4 Å². The van der Waals surface area contributed by atoms with Crippen LogP contribution in [0.4, 0.5) is 4.39 Å². The van der Waals surface area contributed by atoms with Crippen molar-refractivity contribution in [3.05, 3.63) is 53.6 Å². The highest BCUT2D eigenvalue weighted by Crippen LogP contribution is 2.34. The van der Waals surface area contributed by atoms with Gasteiger partial charge in [0.25, 0.3) is 5.91 Å². The van der Waals surface area contributed by atoms with E-state index in [1.165, 1.54) is 31.3 Å². The molecule has 0 unspecified atom stereocenters. The van der Waals surface area contributed by atoms with Crippen molar-refractivity contribution in [1.29, 1.82) is 0 Å². The molecule has 168 valence electrons. The Morgan fingerprint density at radius 3 is 2.82 bits per heavy atom. The summed E-state index contributed by atoms with van der Waals surface area (Å²) in [5.74, 6) is 0.483. The second kappa shape index (κ2) is 8.02. The highest BCUT2D eigenvalue weighted by atomic mass is 19.1. The molecule has 9 nitrogen and oxygen atoms in total. The lowest BCUT2D eigenvalue weighted by atomic mass is 10.1. The minimum absolute atomic E-state index is 0.148. The van der Waals surface area contributed by atoms with Gasteiger partial charge in [-0.15, -0.1) is 0 Å². The van der Waals surface area contributed by atoms with E-state index < -0.39 is 5.82 Å². The fraction of sp³-hybridized carbons (Fsp3) is 0.391. The minimum atomic E-state index is -0.392. The van der Waals surface area contributed by atoms with E-state index >= 15 is 0 Å². The molecule has 2 N–H and O–H groups in total. The van der Waals surface area contributed by atoms with Crippen LogP contribution >= 0.6 is 0 Å². The third-order valence-corrected chi connectivity index (χ3v) is 6.35. The molecule has 33 heavy (non-hydrogen) atoms. The van der Waals surface area contributed by atoms with Crippen molar-refractivity contribution in [3.8, 4) is 11.3 Å². The molecule has 3 aromatic heterocycles. The fourth-order valence-corrected chi connectivity index (χ4v) is 4.47. The van der Waals surface area contributed by atoms with Crippen LogP contribution in [0.2, 0.25) is 0 Å². The normalized spacial score (nSPS) is 16.5. The summed E-state index contributed by atoms with van der Waals surface area (Å²) in [6, 6.07) is 5.00. The molecule has 6 rings (SSSR count). The van der Waals surface area contributed by atoms with Gasteiger partial charge in [0.2, 0.25) is 0 Å². The zero-order valence-electron chi connectivity index (χ0n) is 18.0. The number of benzene rings is 1. The molecule has 0 atom stereocenters. The Morgan fingerprint density at radius 2 is 2.00 bits per heavy atom. The Bertz CT molecular complexity index is 1340. The molecule has 0 saturated heterocycles. The molecule has 1 amide bonds. The summed E-state index contributed by atoms with van der Waals surface area (Å²) in [5.41, 5.74) is 3.13. The maximum absolute atomic E-state index is 14.3. The first-order valence-electron chi connectivity index (χ1n) is 11.3. The average molecular weight is 446 g/mol. The lowest BCUT2D eigenvalue weighted by Gasteiger charge is -2.07. The number of rotatable bonds is 6. The third-order valence-electron chi connectivity index (χ3n) is 6.35. The molecule has 4 aromatic rings. The number of aromatic nitrogens is 7. The van der Waals surface area contributed by atoms with Gasteiger partial charge in [0.15, 0.2) is 11.3 Å². The number of nitrogens with one attached hydrogen (secondary N) is 2. The lowest BCUT2D eigenvalue weighted by Crippen LogP contribution is -2.24. The van der Waals surface area contributed by atoms with E-state index in [2.05, 4.69) is 35.5 Å². The quantitative estimate of drug-likeness (QED) is 0.467. The molecule has 10 heteroatoms. The number of hydrogen-bond acceptors (Lipinski definition) is 6. The number of fused-ring (bicyclic) bond motifs is 1. The summed E-state index contributed by atoms with van der Waals surface area (Å²) < 4.78 is 14.3. The first-order chi connectivity index (χ1) is 16.1. The summed E-state index contributed by atoms with van der Waals surface area (Å²) in [6.45, 7) is 0.148. The molecule has 0 aliphatic heterocycles. The number of amides is 1. The molecule has 2 aliphatic carbocycles. The van der Waals surface area contributed by atoms with E-state index in [0.717, 1.165) is 31.5 Å². The molecule has 0 spiro atoms. The number of nitrogens with zero attached hydrogens (tertiary/aromatic N) is 6. The number of hydrogen-bond donors (Lipinski definition) is 2. The second-order valence-corrected chi connectivity index (χ2v) is 8.84. The Labute approximate surface area is 188 Å². The summed E-state index contributed by atoms with van der Waals surface area (Å²) >= 11 is 0. The van der Waals surface area contributed by atoms with Crippen LogP contribution in [0.25, 0.3) is 22.4 Å². The number of halogens is 1. The van der Waals surface area contributed by atoms with Gasteiger partial charge in [-0.1, -0.05) is 12.8 Å². The first-order valence-corrected chi connectivity index (χ1v) is 11.3. The minimum Gasteiger partial charge on any atom is -0.347 e. The van der Waals surface area contributed by atoms with Crippen LogP contribution in [0.1, 0.15) is 72.4 Å². The van der Waals surface area contributed by atoms with Crippen LogP contribution in [0.5, 0.6) is 0 Å². The van der Waals surface area contributed by atoms with Gasteiger partial charge < -0.3 is 10.3 Å². The van der Waals surface area contributed by atoms with Gasteiger partial charge in [-0.3, -0.25) is 4.79 Å². The van der Waals surface area contributed by atoms with Gasteiger partial charge in [-0.25, -0.2) is 19.3 Å². The number of carbonyl (C=O) groups excluding carboxylic acids is 1. The molecule has 3 heterocycles. The van der Waals surface area contributed by atoms with Crippen LogP contribution in [0.3, 0.4) is 0 Å². The smallest absolute Gasteiger partial charge is 0.272 e. The van der Waals surface area contributed by atoms with Crippen molar-refractivity contribution < 1.29 is 9.18 Å². The van der Waals surface area contributed by atoms with Crippen molar-refractivity contribution in [1.82, 2.24) is 40.2 Å². The van der Waals surface area contributed by atoms with E-state index in [-0.39, 0.29) is 18.1 Å². The van der Waals surface area contributed by atoms with E-state index in [1.807, 2.05) is 6.07 Å². The Balaban J connectivity index is 1.21. The topological polar surface area (TPSA) is 114 Å². The number of imidazole rings is 1. The monoisotopic (exact) mass is 446 g/mol.